The Balaban J connectivity index is 2.30. The van der Waals surface area contributed by atoms with Crippen molar-refractivity contribution >= 4 is 11.6 Å². The summed E-state index contributed by atoms with van der Waals surface area (Å²) in [5.74, 6) is -0.604. The molecule has 0 fully saturated rings. The molecule has 0 aliphatic heterocycles. The predicted octanol–water partition coefficient (Wildman–Crippen LogP) is 4.90. The lowest BCUT2D eigenvalue weighted by atomic mass is 9.98. The monoisotopic (exact) mass is 309 g/mol. The highest BCUT2D eigenvalue weighted by molar-refractivity contribution is 6.30. The molecule has 0 aromatic heterocycles. The summed E-state index contributed by atoms with van der Waals surface area (Å²) in [5.41, 5.74) is 1.03. The third-order valence-electron chi connectivity index (χ3n) is 3.36. The summed E-state index contributed by atoms with van der Waals surface area (Å²) < 4.78 is 27.9. The Morgan fingerprint density at radius 1 is 1.10 bits per heavy atom. The van der Waals surface area contributed by atoms with Gasteiger partial charge in [0, 0.05) is 16.6 Å². The van der Waals surface area contributed by atoms with Crippen LogP contribution in [-0.4, -0.2) is 6.54 Å². The van der Waals surface area contributed by atoms with Crippen LogP contribution in [0.5, 0.6) is 0 Å². The summed E-state index contributed by atoms with van der Waals surface area (Å²) in [7, 11) is 0. The lowest BCUT2D eigenvalue weighted by Crippen LogP contribution is -2.25. The highest BCUT2D eigenvalue weighted by Gasteiger charge is 2.17. The lowest BCUT2D eigenvalue weighted by molar-refractivity contribution is 0.487. The summed E-state index contributed by atoms with van der Waals surface area (Å²) in [5, 5.41) is 3.74. The van der Waals surface area contributed by atoms with Gasteiger partial charge in [0.2, 0.25) is 0 Å². The van der Waals surface area contributed by atoms with Gasteiger partial charge in [-0.1, -0.05) is 36.7 Å². The zero-order chi connectivity index (χ0) is 15.2. The van der Waals surface area contributed by atoms with E-state index in [0.29, 0.717) is 22.6 Å². The van der Waals surface area contributed by atoms with Crippen molar-refractivity contribution in [3.63, 3.8) is 0 Å². The third-order valence-corrected chi connectivity index (χ3v) is 3.59. The van der Waals surface area contributed by atoms with Gasteiger partial charge in [0.25, 0.3) is 0 Å². The molecule has 0 saturated heterocycles. The Hall–Kier alpha value is -1.45. The SMILES string of the molecule is CCCNC(Cc1ccccc1F)c1cc(Cl)ccc1F. The Labute approximate surface area is 128 Å². The fourth-order valence-electron chi connectivity index (χ4n) is 2.28. The second-order valence-electron chi connectivity index (χ2n) is 4.97. The largest absolute Gasteiger partial charge is 0.310 e. The first kappa shape index (κ1) is 15.9. The molecule has 2 rings (SSSR count). The normalized spacial score (nSPS) is 12.4. The van der Waals surface area contributed by atoms with E-state index >= 15 is 0 Å². The molecule has 0 heterocycles. The molecule has 2 aromatic rings. The summed E-state index contributed by atoms with van der Waals surface area (Å²) in [6.45, 7) is 2.76. The van der Waals surface area contributed by atoms with Crippen LogP contribution >= 0.6 is 11.6 Å². The molecule has 0 bridgehead atoms. The molecular formula is C17H18ClF2N. The topological polar surface area (TPSA) is 12.0 Å². The summed E-state index contributed by atoms with van der Waals surface area (Å²) in [4.78, 5) is 0. The summed E-state index contributed by atoms with van der Waals surface area (Å²) in [6.07, 6.45) is 1.29. The van der Waals surface area contributed by atoms with Gasteiger partial charge in [0.15, 0.2) is 0 Å². The average Bonchev–Trinajstić information content (AvgIpc) is 2.48. The van der Waals surface area contributed by atoms with E-state index in [4.69, 9.17) is 11.6 Å². The van der Waals surface area contributed by atoms with E-state index in [1.54, 1.807) is 24.3 Å². The van der Waals surface area contributed by atoms with E-state index in [1.807, 2.05) is 6.92 Å². The number of hydrogen-bond acceptors (Lipinski definition) is 1. The van der Waals surface area contributed by atoms with Crippen LogP contribution in [0.3, 0.4) is 0 Å². The van der Waals surface area contributed by atoms with Crippen LogP contribution < -0.4 is 5.32 Å². The number of halogens is 3. The Bertz CT molecular complexity index is 601. The molecule has 1 unspecified atom stereocenters. The van der Waals surface area contributed by atoms with Crippen molar-refractivity contribution in [1.82, 2.24) is 5.32 Å². The van der Waals surface area contributed by atoms with Crippen molar-refractivity contribution in [2.45, 2.75) is 25.8 Å². The van der Waals surface area contributed by atoms with E-state index < -0.39 is 0 Å². The fraction of sp³-hybridized carbons (Fsp3) is 0.294. The van der Waals surface area contributed by atoms with Gasteiger partial charge in [-0.25, -0.2) is 8.78 Å². The minimum absolute atomic E-state index is 0.275. The quantitative estimate of drug-likeness (QED) is 0.800. The van der Waals surface area contributed by atoms with E-state index in [0.717, 1.165) is 13.0 Å². The van der Waals surface area contributed by atoms with Crippen molar-refractivity contribution in [3.8, 4) is 0 Å². The van der Waals surface area contributed by atoms with Crippen molar-refractivity contribution in [3.05, 3.63) is 70.2 Å². The minimum atomic E-state index is -0.329. The maximum atomic E-state index is 14.1. The van der Waals surface area contributed by atoms with Gasteiger partial charge in [-0.2, -0.15) is 0 Å². The maximum Gasteiger partial charge on any atom is 0.128 e. The zero-order valence-corrected chi connectivity index (χ0v) is 12.6. The van der Waals surface area contributed by atoms with Gasteiger partial charge in [-0.05, 0) is 49.2 Å². The first-order valence-corrected chi connectivity index (χ1v) is 7.41. The fourth-order valence-corrected chi connectivity index (χ4v) is 2.46. The van der Waals surface area contributed by atoms with Gasteiger partial charge in [-0.15, -0.1) is 0 Å². The third kappa shape index (κ3) is 4.26. The first-order valence-electron chi connectivity index (χ1n) is 7.03. The van der Waals surface area contributed by atoms with Crippen LogP contribution in [0.15, 0.2) is 42.5 Å². The Morgan fingerprint density at radius 2 is 1.86 bits per heavy atom. The maximum absolute atomic E-state index is 14.1. The standard InChI is InChI=1S/C17H18ClF2N/c1-2-9-21-17(10-12-5-3-4-6-15(12)19)14-11-13(18)7-8-16(14)20/h3-8,11,17,21H,2,9-10H2,1H3. The average molecular weight is 310 g/mol. The van der Waals surface area contributed by atoms with E-state index in [9.17, 15) is 8.78 Å². The van der Waals surface area contributed by atoms with Crippen molar-refractivity contribution in [2.24, 2.45) is 0 Å². The van der Waals surface area contributed by atoms with E-state index in [2.05, 4.69) is 5.32 Å². The van der Waals surface area contributed by atoms with E-state index in [-0.39, 0.29) is 17.7 Å². The van der Waals surface area contributed by atoms with Crippen LogP contribution in [0, 0.1) is 11.6 Å². The van der Waals surface area contributed by atoms with Crippen LogP contribution in [0.1, 0.15) is 30.5 Å². The number of nitrogens with one attached hydrogen (secondary N) is 1. The highest BCUT2D eigenvalue weighted by Crippen LogP contribution is 2.25. The molecule has 112 valence electrons. The van der Waals surface area contributed by atoms with Crippen molar-refractivity contribution < 1.29 is 8.78 Å². The van der Waals surface area contributed by atoms with Crippen LogP contribution in [0.4, 0.5) is 8.78 Å². The molecule has 0 aliphatic rings. The van der Waals surface area contributed by atoms with Crippen molar-refractivity contribution in [1.29, 1.82) is 0 Å². The number of rotatable bonds is 6. The van der Waals surface area contributed by atoms with Gasteiger partial charge in [-0.3, -0.25) is 0 Å². The number of benzene rings is 2. The van der Waals surface area contributed by atoms with Gasteiger partial charge in [0.05, 0.1) is 0 Å². The first-order chi connectivity index (χ1) is 10.1. The molecule has 0 saturated carbocycles. The Kier molecular flexibility index (Phi) is 5.71. The molecule has 0 radical (unpaired) electrons. The summed E-state index contributed by atoms with van der Waals surface area (Å²) in [6, 6.07) is 10.7. The van der Waals surface area contributed by atoms with E-state index in [1.165, 1.54) is 18.2 Å². The molecular weight excluding hydrogens is 292 g/mol. The molecule has 1 N–H and O–H groups in total. The molecule has 1 nitrogen and oxygen atoms in total. The molecule has 0 spiro atoms. The van der Waals surface area contributed by atoms with Crippen LogP contribution in [0.25, 0.3) is 0 Å². The van der Waals surface area contributed by atoms with Crippen molar-refractivity contribution in [2.75, 3.05) is 6.54 Å². The van der Waals surface area contributed by atoms with Gasteiger partial charge < -0.3 is 5.32 Å². The number of hydrogen-bond donors (Lipinski definition) is 1. The highest BCUT2D eigenvalue weighted by atomic mass is 35.5. The minimum Gasteiger partial charge on any atom is -0.310 e. The lowest BCUT2D eigenvalue weighted by Gasteiger charge is -2.20. The zero-order valence-electron chi connectivity index (χ0n) is 11.9. The predicted molar refractivity (Wildman–Crippen MR) is 82.5 cm³/mol. The molecule has 0 amide bonds. The second kappa shape index (κ2) is 7.53. The van der Waals surface area contributed by atoms with Gasteiger partial charge in [0.1, 0.15) is 11.6 Å². The molecule has 1 atom stereocenters. The van der Waals surface area contributed by atoms with Gasteiger partial charge >= 0.3 is 0 Å². The van der Waals surface area contributed by atoms with Crippen LogP contribution in [0.2, 0.25) is 5.02 Å². The Morgan fingerprint density at radius 3 is 2.57 bits per heavy atom. The molecule has 4 heteroatoms. The molecule has 21 heavy (non-hydrogen) atoms. The van der Waals surface area contributed by atoms with Crippen LogP contribution in [-0.2, 0) is 6.42 Å². The summed E-state index contributed by atoms with van der Waals surface area (Å²) >= 11 is 5.96. The smallest absolute Gasteiger partial charge is 0.128 e. The molecule has 0 aliphatic carbocycles. The second-order valence-corrected chi connectivity index (χ2v) is 5.40. The molecule has 2 aromatic carbocycles.